The summed E-state index contributed by atoms with van der Waals surface area (Å²) in [5.41, 5.74) is 0. The lowest BCUT2D eigenvalue weighted by atomic mass is 10.1. The fourth-order valence-corrected chi connectivity index (χ4v) is 5.95. The zero-order chi connectivity index (χ0) is 17.0. The summed E-state index contributed by atoms with van der Waals surface area (Å²) >= 11 is 1.81. The molecule has 1 aromatic heterocycles. The van der Waals surface area contributed by atoms with Crippen LogP contribution < -0.4 is 5.32 Å². The standard InChI is InChI=1S/C16H26N4O2S2.HI/c1-17-16(18-11-14-4-10-24(21,22)13-14)20-7-5-19(6-8-20)12-15-3-2-9-23-15;/h2-3,9,14H,4-8,10-13H2,1H3,(H,17,18);1H. The Bertz CT molecular complexity index is 656. The van der Waals surface area contributed by atoms with Gasteiger partial charge >= 0.3 is 0 Å². The lowest BCUT2D eigenvalue weighted by Gasteiger charge is -2.36. The summed E-state index contributed by atoms with van der Waals surface area (Å²) in [4.78, 5) is 10.5. The van der Waals surface area contributed by atoms with Crippen molar-refractivity contribution in [1.82, 2.24) is 15.1 Å². The number of nitrogens with zero attached hydrogens (tertiary/aromatic N) is 3. The van der Waals surface area contributed by atoms with Gasteiger partial charge < -0.3 is 10.2 Å². The van der Waals surface area contributed by atoms with E-state index in [1.165, 1.54) is 4.88 Å². The molecule has 0 spiro atoms. The van der Waals surface area contributed by atoms with Crippen LogP contribution in [0.4, 0.5) is 0 Å². The Morgan fingerprint density at radius 1 is 1.36 bits per heavy atom. The van der Waals surface area contributed by atoms with E-state index in [1.54, 1.807) is 7.05 Å². The zero-order valence-corrected chi connectivity index (χ0v) is 18.5. The lowest BCUT2D eigenvalue weighted by molar-refractivity contribution is 0.173. The summed E-state index contributed by atoms with van der Waals surface area (Å²) in [7, 11) is -1.01. The molecule has 1 aromatic rings. The minimum atomic E-state index is -2.81. The number of aliphatic imine (C=N–C) groups is 1. The highest BCUT2D eigenvalue weighted by atomic mass is 127. The zero-order valence-electron chi connectivity index (χ0n) is 14.6. The number of guanidine groups is 1. The number of hydrogen-bond acceptors (Lipinski definition) is 5. The molecule has 0 bridgehead atoms. The summed E-state index contributed by atoms with van der Waals surface area (Å²) < 4.78 is 23.1. The van der Waals surface area contributed by atoms with E-state index >= 15 is 0 Å². The number of rotatable bonds is 4. The summed E-state index contributed by atoms with van der Waals surface area (Å²) in [6, 6.07) is 4.29. The molecule has 3 heterocycles. The van der Waals surface area contributed by atoms with Crippen molar-refractivity contribution in [2.24, 2.45) is 10.9 Å². The van der Waals surface area contributed by atoms with Gasteiger partial charge in [-0.15, -0.1) is 35.3 Å². The van der Waals surface area contributed by atoms with Crippen LogP contribution in [-0.4, -0.2) is 75.5 Å². The fourth-order valence-electron chi connectivity index (χ4n) is 3.34. The van der Waals surface area contributed by atoms with Gasteiger partial charge in [-0.3, -0.25) is 9.89 Å². The van der Waals surface area contributed by atoms with Gasteiger partial charge in [0.05, 0.1) is 11.5 Å². The Morgan fingerprint density at radius 2 is 2.12 bits per heavy atom. The lowest BCUT2D eigenvalue weighted by Crippen LogP contribution is -2.52. The monoisotopic (exact) mass is 498 g/mol. The van der Waals surface area contributed by atoms with Crippen molar-refractivity contribution in [3.8, 4) is 0 Å². The van der Waals surface area contributed by atoms with Gasteiger partial charge in [0.1, 0.15) is 0 Å². The van der Waals surface area contributed by atoms with Gasteiger partial charge in [0, 0.05) is 51.2 Å². The molecule has 0 radical (unpaired) electrons. The molecule has 0 amide bonds. The molecular weight excluding hydrogens is 471 g/mol. The third-order valence-corrected chi connectivity index (χ3v) is 7.42. The molecule has 1 N–H and O–H groups in total. The first-order valence-corrected chi connectivity index (χ1v) is 11.2. The van der Waals surface area contributed by atoms with Gasteiger partial charge in [-0.25, -0.2) is 8.42 Å². The van der Waals surface area contributed by atoms with E-state index in [1.807, 2.05) is 11.3 Å². The van der Waals surface area contributed by atoms with E-state index in [4.69, 9.17) is 0 Å². The van der Waals surface area contributed by atoms with Crippen LogP contribution in [0.2, 0.25) is 0 Å². The van der Waals surface area contributed by atoms with Crippen molar-refractivity contribution in [1.29, 1.82) is 0 Å². The van der Waals surface area contributed by atoms with Crippen molar-refractivity contribution in [3.63, 3.8) is 0 Å². The molecule has 2 fully saturated rings. The van der Waals surface area contributed by atoms with Crippen molar-refractivity contribution in [3.05, 3.63) is 22.4 Å². The van der Waals surface area contributed by atoms with Crippen LogP contribution in [0.1, 0.15) is 11.3 Å². The highest BCUT2D eigenvalue weighted by Crippen LogP contribution is 2.17. The molecule has 0 saturated carbocycles. The molecule has 1 atom stereocenters. The minimum absolute atomic E-state index is 0. The van der Waals surface area contributed by atoms with Crippen molar-refractivity contribution in [2.75, 3.05) is 51.3 Å². The van der Waals surface area contributed by atoms with E-state index < -0.39 is 9.84 Å². The first kappa shape index (κ1) is 20.9. The maximum atomic E-state index is 11.6. The van der Waals surface area contributed by atoms with Crippen LogP contribution in [0, 0.1) is 5.92 Å². The molecule has 0 aliphatic carbocycles. The van der Waals surface area contributed by atoms with E-state index in [0.29, 0.717) is 18.1 Å². The largest absolute Gasteiger partial charge is 0.356 e. The molecule has 2 aliphatic heterocycles. The third-order valence-electron chi connectivity index (χ3n) is 4.72. The molecule has 1 unspecified atom stereocenters. The van der Waals surface area contributed by atoms with Crippen molar-refractivity contribution >= 4 is 51.1 Å². The predicted molar refractivity (Wildman–Crippen MR) is 115 cm³/mol. The highest BCUT2D eigenvalue weighted by Gasteiger charge is 2.28. The molecule has 2 aliphatic rings. The number of nitrogens with one attached hydrogen (secondary N) is 1. The third kappa shape index (κ3) is 6.07. The maximum Gasteiger partial charge on any atom is 0.193 e. The predicted octanol–water partition coefficient (Wildman–Crippen LogP) is 1.49. The van der Waals surface area contributed by atoms with Crippen LogP contribution in [0.15, 0.2) is 22.5 Å². The van der Waals surface area contributed by atoms with Gasteiger partial charge in [0.15, 0.2) is 15.8 Å². The minimum Gasteiger partial charge on any atom is -0.356 e. The Balaban J connectivity index is 0.00000225. The SMILES string of the molecule is CN=C(NCC1CCS(=O)(=O)C1)N1CCN(Cc2cccs2)CC1.I. The summed E-state index contributed by atoms with van der Waals surface area (Å²) in [5.74, 6) is 1.76. The summed E-state index contributed by atoms with van der Waals surface area (Å²) in [5, 5.41) is 5.50. The van der Waals surface area contributed by atoms with Crippen LogP contribution >= 0.6 is 35.3 Å². The number of sulfone groups is 1. The highest BCUT2D eigenvalue weighted by molar-refractivity contribution is 14.0. The van der Waals surface area contributed by atoms with Gasteiger partial charge in [0.2, 0.25) is 0 Å². The quantitative estimate of drug-likeness (QED) is 0.387. The average Bonchev–Trinajstić information content (AvgIpc) is 3.19. The molecule has 3 rings (SSSR count). The van der Waals surface area contributed by atoms with Crippen LogP contribution in [0.5, 0.6) is 0 Å². The van der Waals surface area contributed by atoms with Crippen LogP contribution in [0.25, 0.3) is 0 Å². The second-order valence-corrected chi connectivity index (χ2v) is 9.80. The Kier molecular flexibility index (Phi) is 7.96. The number of hydrogen-bond donors (Lipinski definition) is 1. The van der Waals surface area contributed by atoms with Gasteiger partial charge in [0.25, 0.3) is 0 Å². The molecule has 142 valence electrons. The normalized spacial score (nSPS) is 24.1. The second kappa shape index (κ2) is 9.52. The first-order valence-electron chi connectivity index (χ1n) is 8.46. The number of thiophene rings is 1. The van der Waals surface area contributed by atoms with E-state index in [2.05, 4.69) is 37.6 Å². The maximum absolute atomic E-state index is 11.6. The number of halogens is 1. The molecule has 6 nitrogen and oxygen atoms in total. The molecule has 25 heavy (non-hydrogen) atoms. The van der Waals surface area contributed by atoms with E-state index in [0.717, 1.165) is 45.1 Å². The van der Waals surface area contributed by atoms with Crippen LogP contribution in [0.3, 0.4) is 0 Å². The van der Waals surface area contributed by atoms with Crippen molar-refractivity contribution in [2.45, 2.75) is 13.0 Å². The molecule has 9 heteroatoms. The van der Waals surface area contributed by atoms with Crippen molar-refractivity contribution < 1.29 is 8.42 Å². The topological polar surface area (TPSA) is 65.0 Å². The van der Waals surface area contributed by atoms with Gasteiger partial charge in [-0.2, -0.15) is 0 Å². The first-order chi connectivity index (χ1) is 11.6. The average molecular weight is 498 g/mol. The Hall–Kier alpha value is -0.390. The molecular formula is C16H27IN4O2S2. The van der Waals surface area contributed by atoms with E-state index in [9.17, 15) is 8.42 Å². The van der Waals surface area contributed by atoms with Gasteiger partial charge in [-0.1, -0.05) is 6.07 Å². The summed E-state index contributed by atoms with van der Waals surface area (Å²) in [6.45, 7) is 5.67. The number of piperazine rings is 1. The smallest absolute Gasteiger partial charge is 0.193 e. The van der Waals surface area contributed by atoms with Gasteiger partial charge in [-0.05, 0) is 23.8 Å². The molecule has 0 aromatic carbocycles. The Labute approximate surface area is 171 Å². The fraction of sp³-hybridized carbons (Fsp3) is 0.688. The second-order valence-electron chi connectivity index (χ2n) is 6.54. The summed E-state index contributed by atoms with van der Waals surface area (Å²) in [6.07, 6.45) is 0.765. The Morgan fingerprint density at radius 3 is 2.68 bits per heavy atom. The van der Waals surface area contributed by atoms with Crippen LogP contribution in [-0.2, 0) is 16.4 Å². The van der Waals surface area contributed by atoms with E-state index in [-0.39, 0.29) is 29.9 Å². The molecule has 2 saturated heterocycles.